The molecule has 25 heavy (non-hydrogen) atoms. The van der Waals surface area contributed by atoms with Gasteiger partial charge < -0.3 is 18.9 Å². The maximum absolute atomic E-state index is 5.73. The van der Waals surface area contributed by atoms with Gasteiger partial charge in [0.05, 0.1) is 12.2 Å². The molecule has 0 N–H and O–H groups in total. The molecule has 2 aliphatic rings. The second kappa shape index (κ2) is 7.06. The second-order valence-electron chi connectivity index (χ2n) is 6.85. The van der Waals surface area contributed by atoms with Crippen molar-refractivity contribution in [1.82, 2.24) is 0 Å². The van der Waals surface area contributed by atoms with Crippen molar-refractivity contribution in [2.45, 2.75) is 44.7 Å². The average molecular weight is 340 g/mol. The van der Waals surface area contributed by atoms with Crippen LogP contribution in [-0.4, -0.2) is 37.6 Å². The molecule has 132 valence electrons. The van der Waals surface area contributed by atoms with Gasteiger partial charge in [-0.2, -0.15) is 0 Å². The van der Waals surface area contributed by atoms with E-state index >= 15 is 0 Å². The van der Waals surface area contributed by atoms with Gasteiger partial charge in [0, 0.05) is 0 Å². The number of benzene rings is 2. The number of epoxide rings is 2. The lowest BCUT2D eigenvalue weighted by Crippen LogP contribution is -2.06. The van der Waals surface area contributed by atoms with E-state index in [2.05, 4.69) is 38.1 Å². The van der Waals surface area contributed by atoms with Crippen LogP contribution in [0.3, 0.4) is 0 Å². The molecule has 4 nitrogen and oxygen atoms in total. The smallest absolute Gasteiger partial charge is 0.119 e. The summed E-state index contributed by atoms with van der Waals surface area (Å²) in [7, 11) is 0. The number of hydrogen-bond acceptors (Lipinski definition) is 4. The Morgan fingerprint density at radius 2 is 1.04 bits per heavy atom. The molecular formula is C21H24O4. The van der Waals surface area contributed by atoms with Crippen molar-refractivity contribution in [2.24, 2.45) is 0 Å². The first-order valence-electron chi connectivity index (χ1n) is 8.92. The van der Waals surface area contributed by atoms with Crippen molar-refractivity contribution >= 4 is 0 Å². The van der Waals surface area contributed by atoms with Crippen molar-refractivity contribution in [1.29, 1.82) is 0 Å². The summed E-state index contributed by atoms with van der Waals surface area (Å²) in [5.74, 6) is 1.79. The molecule has 0 amide bonds. The monoisotopic (exact) mass is 340 g/mol. The molecule has 0 radical (unpaired) electrons. The lowest BCUT2D eigenvalue weighted by atomic mass is 10.0. The van der Waals surface area contributed by atoms with Crippen LogP contribution >= 0.6 is 0 Å². The van der Waals surface area contributed by atoms with Gasteiger partial charge in [-0.05, 0) is 55.7 Å². The van der Waals surface area contributed by atoms with Crippen molar-refractivity contribution in [3.63, 3.8) is 0 Å². The maximum Gasteiger partial charge on any atom is 0.119 e. The lowest BCUT2D eigenvalue weighted by molar-refractivity contribution is 0.260. The minimum Gasteiger partial charge on any atom is -0.491 e. The van der Waals surface area contributed by atoms with E-state index in [1.54, 1.807) is 0 Å². The number of ether oxygens (including phenoxy) is 4. The van der Waals surface area contributed by atoms with Gasteiger partial charge >= 0.3 is 0 Å². The van der Waals surface area contributed by atoms with Gasteiger partial charge in [0.1, 0.15) is 36.9 Å². The molecule has 2 heterocycles. The molecule has 0 bridgehead atoms. The Kier molecular flexibility index (Phi) is 4.64. The Hall–Kier alpha value is -2.04. The fourth-order valence-corrected chi connectivity index (χ4v) is 2.81. The normalized spacial score (nSPS) is 27.0. The van der Waals surface area contributed by atoms with Crippen LogP contribution in [0, 0.1) is 0 Å². The van der Waals surface area contributed by atoms with Crippen LogP contribution in [0.4, 0.5) is 0 Å². The van der Waals surface area contributed by atoms with Gasteiger partial charge in [0.25, 0.3) is 0 Å². The molecule has 4 rings (SSSR count). The SMILES string of the molecule is CC1OC1COc1ccc(Cc2ccc(OCC3OC3C)cc2)cc1. The quantitative estimate of drug-likeness (QED) is 0.689. The molecule has 0 aromatic heterocycles. The van der Waals surface area contributed by atoms with Crippen molar-refractivity contribution in [3.8, 4) is 11.5 Å². The number of rotatable bonds is 8. The zero-order chi connectivity index (χ0) is 17.2. The molecular weight excluding hydrogens is 316 g/mol. The topological polar surface area (TPSA) is 43.5 Å². The van der Waals surface area contributed by atoms with Crippen molar-refractivity contribution in [2.75, 3.05) is 13.2 Å². The van der Waals surface area contributed by atoms with Gasteiger partial charge in [-0.1, -0.05) is 24.3 Å². The molecule has 2 aliphatic heterocycles. The zero-order valence-corrected chi connectivity index (χ0v) is 14.7. The third kappa shape index (κ3) is 4.53. The Morgan fingerprint density at radius 3 is 1.36 bits per heavy atom. The highest BCUT2D eigenvalue weighted by Gasteiger charge is 2.35. The van der Waals surface area contributed by atoms with Crippen LogP contribution in [0.25, 0.3) is 0 Å². The van der Waals surface area contributed by atoms with Gasteiger partial charge in [-0.15, -0.1) is 0 Å². The van der Waals surface area contributed by atoms with E-state index in [1.165, 1.54) is 11.1 Å². The summed E-state index contributed by atoms with van der Waals surface area (Å²) in [5.41, 5.74) is 2.52. The predicted molar refractivity (Wildman–Crippen MR) is 95.4 cm³/mol. The summed E-state index contributed by atoms with van der Waals surface area (Å²) in [5, 5.41) is 0. The first kappa shape index (κ1) is 16.4. The van der Waals surface area contributed by atoms with Gasteiger partial charge in [0.2, 0.25) is 0 Å². The molecule has 2 fully saturated rings. The highest BCUT2D eigenvalue weighted by molar-refractivity contribution is 5.34. The molecule has 2 aromatic carbocycles. The minimum absolute atomic E-state index is 0.259. The van der Waals surface area contributed by atoms with E-state index in [9.17, 15) is 0 Å². The van der Waals surface area contributed by atoms with Crippen LogP contribution in [-0.2, 0) is 15.9 Å². The van der Waals surface area contributed by atoms with E-state index in [4.69, 9.17) is 18.9 Å². The summed E-state index contributed by atoms with van der Waals surface area (Å²) >= 11 is 0. The third-order valence-corrected chi connectivity index (χ3v) is 4.76. The first-order chi connectivity index (χ1) is 12.2. The largest absolute Gasteiger partial charge is 0.491 e. The Labute approximate surface area is 148 Å². The zero-order valence-electron chi connectivity index (χ0n) is 14.7. The summed E-state index contributed by atoms with van der Waals surface area (Å²) in [4.78, 5) is 0. The van der Waals surface area contributed by atoms with E-state index in [-0.39, 0.29) is 12.2 Å². The Morgan fingerprint density at radius 1 is 0.680 bits per heavy atom. The molecule has 0 saturated carbocycles. The molecule has 4 unspecified atom stereocenters. The van der Waals surface area contributed by atoms with Crippen LogP contribution in [0.1, 0.15) is 25.0 Å². The molecule has 4 heteroatoms. The average Bonchev–Trinajstić information content (AvgIpc) is 3.52. The third-order valence-electron chi connectivity index (χ3n) is 4.76. The number of hydrogen-bond donors (Lipinski definition) is 0. The van der Waals surface area contributed by atoms with Crippen molar-refractivity contribution in [3.05, 3.63) is 59.7 Å². The fraction of sp³-hybridized carbons (Fsp3) is 0.429. The van der Waals surface area contributed by atoms with E-state index in [0.29, 0.717) is 25.4 Å². The highest BCUT2D eigenvalue weighted by Crippen LogP contribution is 2.24. The first-order valence-corrected chi connectivity index (χ1v) is 8.92. The summed E-state index contributed by atoms with van der Waals surface area (Å²) < 4.78 is 22.2. The maximum atomic E-state index is 5.73. The standard InChI is InChI=1S/C21H24O4/c1-14-20(24-14)12-22-18-7-3-16(4-8-18)11-17-5-9-19(10-6-17)23-13-21-15(2)25-21/h3-10,14-15,20-21H,11-13H2,1-2H3. The van der Waals surface area contributed by atoms with E-state index < -0.39 is 0 Å². The summed E-state index contributed by atoms with van der Waals surface area (Å²) in [6.45, 7) is 5.39. The van der Waals surface area contributed by atoms with E-state index in [0.717, 1.165) is 17.9 Å². The molecule has 4 atom stereocenters. The molecule has 2 aromatic rings. The predicted octanol–water partition coefficient (Wildman–Crippen LogP) is 3.61. The van der Waals surface area contributed by atoms with Gasteiger partial charge in [-0.25, -0.2) is 0 Å². The van der Waals surface area contributed by atoms with Crippen LogP contribution in [0.5, 0.6) is 11.5 Å². The van der Waals surface area contributed by atoms with E-state index in [1.807, 2.05) is 24.3 Å². The Bertz CT molecular complexity index is 633. The van der Waals surface area contributed by atoms with Crippen LogP contribution < -0.4 is 9.47 Å². The van der Waals surface area contributed by atoms with Gasteiger partial charge in [-0.3, -0.25) is 0 Å². The molecule has 0 spiro atoms. The molecule has 2 saturated heterocycles. The van der Waals surface area contributed by atoms with Gasteiger partial charge in [0.15, 0.2) is 0 Å². The second-order valence-corrected chi connectivity index (χ2v) is 6.85. The van der Waals surface area contributed by atoms with Crippen LogP contribution in [0.15, 0.2) is 48.5 Å². The summed E-state index contributed by atoms with van der Waals surface area (Å²) in [6, 6.07) is 16.6. The summed E-state index contributed by atoms with van der Waals surface area (Å²) in [6.07, 6.45) is 2.09. The molecule has 0 aliphatic carbocycles. The lowest BCUT2D eigenvalue weighted by Gasteiger charge is -2.08. The Balaban J connectivity index is 1.26. The van der Waals surface area contributed by atoms with Crippen molar-refractivity contribution < 1.29 is 18.9 Å². The highest BCUT2D eigenvalue weighted by atomic mass is 16.6. The van der Waals surface area contributed by atoms with Crippen LogP contribution in [0.2, 0.25) is 0 Å². The minimum atomic E-state index is 0.259. The fourth-order valence-electron chi connectivity index (χ4n) is 2.81.